The average molecular weight is 486 g/mol. The van der Waals surface area contributed by atoms with Gasteiger partial charge in [0.05, 0.1) is 17.4 Å². The summed E-state index contributed by atoms with van der Waals surface area (Å²) in [6, 6.07) is 8.64. The van der Waals surface area contributed by atoms with Crippen molar-refractivity contribution in [2.24, 2.45) is 0 Å². The van der Waals surface area contributed by atoms with Crippen LogP contribution in [0.3, 0.4) is 0 Å². The van der Waals surface area contributed by atoms with E-state index < -0.39 is 27.7 Å². The van der Waals surface area contributed by atoms with E-state index in [1.54, 1.807) is 24.3 Å². The minimum atomic E-state index is -4.02. The van der Waals surface area contributed by atoms with Gasteiger partial charge in [-0.15, -0.1) is 0 Å². The molecule has 2 aromatic carbocycles. The standard InChI is InChI=1S/C21H22ClF2N3O4S/c1-14(28)25-20(15-2-4-16(22)5-3-15)13-21(29)26-8-10-27(11-9-26)32(30,31)17-6-7-18(23)19(24)12-17/h2-7,12,20H,8-11,13H2,1H3,(H,25,28). The van der Waals surface area contributed by atoms with Crippen LogP contribution < -0.4 is 5.32 Å². The fourth-order valence-corrected chi connectivity index (χ4v) is 5.02. The summed E-state index contributed by atoms with van der Waals surface area (Å²) < 4.78 is 53.2. The Hall–Kier alpha value is -2.56. The Morgan fingerprint density at radius 1 is 1.03 bits per heavy atom. The first-order chi connectivity index (χ1) is 15.1. The number of nitrogens with zero attached hydrogens (tertiary/aromatic N) is 2. The van der Waals surface area contributed by atoms with Gasteiger partial charge in [0.25, 0.3) is 0 Å². The Kier molecular flexibility index (Phi) is 7.47. The van der Waals surface area contributed by atoms with Gasteiger partial charge in [-0.3, -0.25) is 9.59 Å². The van der Waals surface area contributed by atoms with Crippen LogP contribution in [-0.4, -0.2) is 55.6 Å². The zero-order valence-corrected chi connectivity index (χ0v) is 18.8. The molecule has 32 heavy (non-hydrogen) atoms. The number of amides is 2. The number of rotatable bonds is 6. The van der Waals surface area contributed by atoms with E-state index in [0.717, 1.165) is 22.0 Å². The summed E-state index contributed by atoms with van der Waals surface area (Å²) in [6.07, 6.45) is -0.00284. The number of halogens is 3. The number of benzene rings is 2. The molecule has 1 saturated heterocycles. The first-order valence-corrected chi connectivity index (χ1v) is 11.7. The lowest BCUT2D eigenvalue weighted by atomic mass is 10.0. The molecule has 1 fully saturated rings. The van der Waals surface area contributed by atoms with Gasteiger partial charge in [-0.05, 0) is 35.9 Å². The van der Waals surface area contributed by atoms with E-state index >= 15 is 0 Å². The lowest BCUT2D eigenvalue weighted by Gasteiger charge is -2.34. The van der Waals surface area contributed by atoms with Crippen molar-refractivity contribution in [1.82, 2.24) is 14.5 Å². The van der Waals surface area contributed by atoms with Crippen molar-refractivity contribution >= 4 is 33.4 Å². The molecule has 11 heteroatoms. The molecular weight excluding hydrogens is 464 g/mol. The maximum Gasteiger partial charge on any atom is 0.243 e. The van der Waals surface area contributed by atoms with Gasteiger partial charge in [-0.25, -0.2) is 17.2 Å². The van der Waals surface area contributed by atoms with Crippen LogP contribution in [-0.2, 0) is 19.6 Å². The van der Waals surface area contributed by atoms with Gasteiger partial charge in [-0.2, -0.15) is 4.31 Å². The molecule has 1 aliphatic heterocycles. The van der Waals surface area contributed by atoms with Crippen LogP contribution in [0.4, 0.5) is 8.78 Å². The highest BCUT2D eigenvalue weighted by Crippen LogP contribution is 2.23. The van der Waals surface area contributed by atoms with Gasteiger partial charge in [0.2, 0.25) is 21.8 Å². The third-order valence-electron chi connectivity index (χ3n) is 5.15. The molecule has 1 N–H and O–H groups in total. The molecule has 1 heterocycles. The number of carbonyl (C=O) groups is 2. The van der Waals surface area contributed by atoms with Crippen molar-refractivity contribution in [3.63, 3.8) is 0 Å². The molecule has 1 unspecified atom stereocenters. The minimum Gasteiger partial charge on any atom is -0.349 e. The minimum absolute atomic E-state index is 0.00284. The van der Waals surface area contributed by atoms with Gasteiger partial charge in [0.1, 0.15) is 0 Å². The molecule has 0 aliphatic carbocycles. The summed E-state index contributed by atoms with van der Waals surface area (Å²) in [4.78, 5) is 25.6. The average Bonchev–Trinajstić information content (AvgIpc) is 2.75. The SMILES string of the molecule is CC(=O)NC(CC(=O)N1CCN(S(=O)(=O)c2ccc(F)c(F)c2)CC1)c1ccc(Cl)cc1. The smallest absolute Gasteiger partial charge is 0.243 e. The molecule has 2 amide bonds. The van der Waals surface area contributed by atoms with Crippen molar-refractivity contribution in [3.8, 4) is 0 Å². The number of sulfonamides is 1. The van der Waals surface area contributed by atoms with Crippen molar-refractivity contribution in [3.05, 3.63) is 64.7 Å². The molecule has 7 nitrogen and oxygen atoms in total. The molecule has 0 bridgehead atoms. The molecule has 1 aliphatic rings. The van der Waals surface area contributed by atoms with Crippen molar-refractivity contribution in [2.45, 2.75) is 24.3 Å². The molecule has 0 radical (unpaired) electrons. The molecule has 0 saturated carbocycles. The zero-order chi connectivity index (χ0) is 23.5. The van der Waals surface area contributed by atoms with Crippen LogP contribution in [0.2, 0.25) is 5.02 Å². The number of piperazine rings is 1. The van der Waals surface area contributed by atoms with Gasteiger partial charge in [-0.1, -0.05) is 23.7 Å². The van der Waals surface area contributed by atoms with Crippen LogP contribution in [0, 0.1) is 11.6 Å². The lowest BCUT2D eigenvalue weighted by molar-refractivity contribution is -0.133. The van der Waals surface area contributed by atoms with E-state index in [1.165, 1.54) is 11.8 Å². The highest BCUT2D eigenvalue weighted by atomic mass is 35.5. The fourth-order valence-electron chi connectivity index (χ4n) is 3.46. The van der Waals surface area contributed by atoms with Crippen LogP contribution in [0.15, 0.2) is 47.4 Å². The van der Waals surface area contributed by atoms with Crippen LogP contribution >= 0.6 is 11.6 Å². The topological polar surface area (TPSA) is 86.8 Å². The molecule has 1 atom stereocenters. The summed E-state index contributed by atoms with van der Waals surface area (Å²) in [7, 11) is -4.02. The van der Waals surface area contributed by atoms with Crippen LogP contribution in [0.25, 0.3) is 0 Å². The van der Waals surface area contributed by atoms with E-state index in [1.807, 2.05) is 0 Å². The quantitative estimate of drug-likeness (QED) is 0.681. The third kappa shape index (κ3) is 5.62. The van der Waals surface area contributed by atoms with Crippen molar-refractivity contribution < 1.29 is 26.8 Å². The Morgan fingerprint density at radius 3 is 2.22 bits per heavy atom. The summed E-state index contributed by atoms with van der Waals surface area (Å²) in [5, 5.41) is 3.28. The van der Waals surface area contributed by atoms with Crippen LogP contribution in [0.5, 0.6) is 0 Å². The number of nitrogens with one attached hydrogen (secondary N) is 1. The van der Waals surface area contributed by atoms with Crippen molar-refractivity contribution in [2.75, 3.05) is 26.2 Å². The molecule has 2 aromatic rings. The second kappa shape index (κ2) is 9.93. The molecule has 172 valence electrons. The number of hydrogen-bond acceptors (Lipinski definition) is 4. The molecule has 3 rings (SSSR count). The monoisotopic (exact) mass is 485 g/mol. The second-order valence-corrected chi connectivity index (χ2v) is 9.74. The molecule has 0 aromatic heterocycles. The van der Waals surface area contributed by atoms with Gasteiger partial charge < -0.3 is 10.2 Å². The Labute approximate surface area is 190 Å². The van der Waals surface area contributed by atoms with E-state index in [4.69, 9.17) is 11.6 Å². The van der Waals surface area contributed by atoms with Gasteiger partial charge in [0, 0.05) is 38.1 Å². The highest BCUT2D eigenvalue weighted by Gasteiger charge is 2.31. The van der Waals surface area contributed by atoms with E-state index in [2.05, 4.69) is 5.32 Å². The number of carbonyl (C=O) groups excluding carboxylic acids is 2. The Bertz CT molecular complexity index is 1100. The summed E-state index contributed by atoms with van der Waals surface area (Å²) in [5.74, 6) is -2.91. The Morgan fingerprint density at radius 2 is 1.66 bits per heavy atom. The normalized spacial score (nSPS) is 15.9. The summed E-state index contributed by atoms with van der Waals surface area (Å²) >= 11 is 5.91. The van der Waals surface area contributed by atoms with Gasteiger partial charge in [0.15, 0.2) is 11.6 Å². The Balaban J connectivity index is 1.65. The highest BCUT2D eigenvalue weighted by molar-refractivity contribution is 7.89. The lowest BCUT2D eigenvalue weighted by Crippen LogP contribution is -2.51. The largest absolute Gasteiger partial charge is 0.349 e. The predicted molar refractivity (Wildman–Crippen MR) is 114 cm³/mol. The first kappa shape index (κ1) is 24.1. The maximum absolute atomic E-state index is 13.5. The first-order valence-electron chi connectivity index (χ1n) is 9.83. The van der Waals surface area contributed by atoms with Gasteiger partial charge >= 0.3 is 0 Å². The molecule has 0 spiro atoms. The summed E-state index contributed by atoms with van der Waals surface area (Å²) in [6.45, 7) is 1.65. The van der Waals surface area contributed by atoms with Crippen LogP contribution in [0.1, 0.15) is 24.9 Å². The predicted octanol–water partition coefficient (Wildman–Crippen LogP) is 2.72. The van der Waals surface area contributed by atoms with E-state index in [0.29, 0.717) is 11.1 Å². The zero-order valence-electron chi connectivity index (χ0n) is 17.2. The molecular formula is C21H22ClF2N3O4S. The second-order valence-electron chi connectivity index (χ2n) is 7.37. The van der Waals surface area contributed by atoms with E-state index in [-0.39, 0.29) is 49.3 Å². The fraction of sp³-hybridized carbons (Fsp3) is 0.333. The third-order valence-corrected chi connectivity index (χ3v) is 7.30. The van der Waals surface area contributed by atoms with Crippen molar-refractivity contribution in [1.29, 1.82) is 0 Å². The maximum atomic E-state index is 13.5. The van der Waals surface area contributed by atoms with E-state index in [9.17, 15) is 26.8 Å². The number of hydrogen-bond donors (Lipinski definition) is 1. The summed E-state index contributed by atoms with van der Waals surface area (Å²) in [5.41, 5.74) is 0.720.